The van der Waals surface area contributed by atoms with Crippen LogP contribution in [0.1, 0.15) is 31.9 Å². The second-order valence-electron chi connectivity index (χ2n) is 13.4. The Balaban J connectivity index is 1.42. The van der Waals surface area contributed by atoms with E-state index in [1.165, 1.54) is 38.2 Å². The van der Waals surface area contributed by atoms with Crippen LogP contribution in [0.3, 0.4) is 0 Å². The lowest BCUT2D eigenvalue weighted by atomic mass is 9.85. The first-order valence-electron chi connectivity index (χ1n) is 16.4. The number of rotatable bonds is 6. The number of nitriles is 1. The van der Waals surface area contributed by atoms with E-state index in [9.17, 15) is 5.26 Å². The quantitative estimate of drug-likeness (QED) is 0.174. The predicted molar refractivity (Wildman–Crippen MR) is 203 cm³/mol. The monoisotopic (exact) mass is 617 g/mol. The molecule has 0 spiro atoms. The molecule has 0 bridgehead atoms. The van der Waals surface area contributed by atoms with Crippen molar-refractivity contribution in [1.29, 1.82) is 5.26 Å². The molecule has 0 aliphatic carbocycles. The summed E-state index contributed by atoms with van der Waals surface area (Å²) in [6, 6.07) is 58.1. The highest BCUT2D eigenvalue weighted by Crippen LogP contribution is 2.48. The molecule has 0 aromatic heterocycles. The van der Waals surface area contributed by atoms with Crippen LogP contribution < -0.4 is 9.80 Å². The molecule has 3 heteroatoms. The van der Waals surface area contributed by atoms with Crippen LogP contribution >= 0.6 is 0 Å². The summed E-state index contributed by atoms with van der Waals surface area (Å²) < 4.78 is 0. The minimum absolute atomic E-state index is 0.0495. The summed E-state index contributed by atoms with van der Waals surface area (Å²) in [5.74, 6) is 0. The standard InChI is InChI=1S/C45H35N3/c1-45(2,3)39-19-10-11-20-42(39)48(35-16-8-5-9-17-35)41-28-24-33-21-25-37-40(27-23-32-22-26-38(41)44(33)43(32)37)47(34-14-6-4-7-15-34)36-18-12-13-31(29-36)30-46/h4-29H,1-3H3. The van der Waals surface area contributed by atoms with E-state index >= 15 is 0 Å². The lowest BCUT2D eigenvalue weighted by Crippen LogP contribution is -2.19. The molecule has 8 aromatic rings. The maximum absolute atomic E-state index is 9.77. The molecule has 0 saturated heterocycles. The van der Waals surface area contributed by atoms with Gasteiger partial charge >= 0.3 is 0 Å². The maximum Gasteiger partial charge on any atom is 0.0992 e. The molecule has 0 amide bonds. The molecule has 230 valence electrons. The van der Waals surface area contributed by atoms with Gasteiger partial charge in [0.2, 0.25) is 0 Å². The van der Waals surface area contributed by atoms with E-state index in [0.29, 0.717) is 5.56 Å². The van der Waals surface area contributed by atoms with Crippen LogP contribution in [0.4, 0.5) is 34.1 Å². The third-order valence-corrected chi connectivity index (χ3v) is 9.32. The molecular formula is C45H35N3. The lowest BCUT2D eigenvalue weighted by Gasteiger charge is -2.33. The smallest absolute Gasteiger partial charge is 0.0992 e. The Kier molecular flexibility index (Phi) is 7.08. The fraction of sp³-hybridized carbons (Fsp3) is 0.0889. The molecule has 0 aliphatic rings. The largest absolute Gasteiger partial charge is 0.310 e. The molecule has 8 rings (SSSR count). The van der Waals surface area contributed by atoms with Crippen molar-refractivity contribution in [3.05, 3.63) is 169 Å². The molecule has 0 unspecified atom stereocenters. The number of benzene rings is 8. The van der Waals surface area contributed by atoms with Gasteiger partial charge in [0.25, 0.3) is 0 Å². The SMILES string of the molecule is CC(C)(C)c1ccccc1N(c1ccccc1)c1ccc2ccc3c(N(c4ccccc4)c4cccc(C#N)c4)ccc4ccc1c2c43. The average molecular weight is 618 g/mol. The first-order valence-corrected chi connectivity index (χ1v) is 16.4. The minimum Gasteiger partial charge on any atom is -0.310 e. The highest BCUT2D eigenvalue weighted by atomic mass is 15.2. The van der Waals surface area contributed by atoms with Crippen molar-refractivity contribution in [2.45, 2.75) is 26.2 Å². The third-order valence-electron chi connectivity index (χ3n) is 9.32. The van der Waals surface area contributed by atoms with Crippen molar-refractivity contribution in [1.82, 2.24) is 0 Å². The van der Waals surface area contributed by atoms with Crippen LogP contribution in [0, 0.1) is 11.3 Å². The normalized spacial score (nSPS) is 11.6. The number of hydrogen-bond donors (Lipinski definition) is 0. The van der Waals surface area contributed by atoms with Gasteiger partial charge in [-0.3, -0.25) is 0 Å². The Morgan fingerprint density at radius 3 is 1.54 bits per heavy atom. The summed E-state index contributed by atoms with van der Waals surface area (Å²) in [6.45, 7) is 6.85. The zero-order valence-electron chi connectivity index (χ0n) is 27.4. The number of anilines is 6. The van der Waals surface area contributed by atoms with E-state index in [0.717, 1.165) is 33.8 Å². The first kappa shape index (κ1) is 29.3. The Bertz CT molecular complexity index is 2450. The van der Waals surface area contributed by atoms with E-state index in [1.807, 2.05) is 24.3 Å². The summed E-state index contributed by atoms with van der Waals surface area (Å²) in [5, 5.41) is 17.0. The molecule has 0 aliphatic heterocycles. The first-order chi connectivity index (χ1) is 23.4. The van der Waals surface area contributed by atoms with Crippen molar-refractivity contribution < 1.29 is 0 Å². The van der Waals surface area contributed by atoms with Gasteiger partial charge in [-0.2, -0.15) is 5.26 Å². The fourth-order valence-corrected chi connectivity index (χ4v) is 7.17. The van der Waals surface area contributed by atoms with Gasteiger partial charge in [0, 0.05) is 33.5 Å². The van der Waals surface area contributed by atoms with Crippen molar-refractivity contribution in [2.24, 2.45) is 0 Å². The van der Waals surface area contributed by atoms with Crippen molar-refractivity contribution in [2.75, 3.05) is 9.80 Å². The fourth-order valence-electron chi connectivity index (χ4n) is 7.17. The Morgan fingerprint density at radius 1 is 0.458 bits per heavy atom. The van der Waals surface area contributed by atoms with Gasteiger partial charge in [-0.1, -0.05) is 118 Å². The zero-order chi connectivity index (χ0) is 32.8. The van der Waals surface area contributed by atoms with Gasteiger partial charge in [0.15, 0.2) is 0 Å². The average Bonchev–Trinajstić information content (AvgIpc) is 3.12. The zero-order valence-corrected chi connectivity index (χ0v) is 27.4. The molecule has 3 nitrogen and oxygen atoms in total. The molecule has 48 heavy (non-hydrogen) atoms. The van der Waals surface area contributed by atoms with Gasteiger partial charge < -0.3 is 9.80 Å². The van der Waals surface area contributed by atoms with E-state index in [1.54, 1.807) is 0 Å². The van der Waals surface area contributed by atoms with E-state index in [2.05, 4.69) is 170 Å². The van der Waals surface area contributed by atoms with Gasteiger partial charge in [-0.15, -0.1) is 0 Å². The third kappa shape index (κ3) is 4.91. The topological polar surface area (TPSA) is 30.3 Å². The maximum atomic E-state index is 9.77. The Hall–Kier alpha value is -6.11. The minimum atomic E-state index is -0.0495. The molecule has 8 aromatic carbocycles. The van der Waals surface area contributed by atoms with E-state index in [-0.39, 0.29) is 5.41 Å². The number of nitrogens with zero attached hydrogens (tertiary/aromatic N) is 3. The molecule has 0 fully saturated rings. The van der Waals surface area contributed by atoms with Crippen LogP contribution in [0.25, 0.3) is 32.3 Å². The van der Waals surface area contributed by atoms with E-state index in [4.69, 9.17) is 0 Å². The van der Waals surface area contributed by atoms with Crippen LogP contribution in [0.2, 0.25) is 0 Å². The highest BCUT2D eigenvalue weighted by molar-refractivity contribution is 6.28. The predicted octanol–water partition coefficient (Wildman–Crippen LogP) is 12.7. The lowest BCUT2D eigenvalue weighted by molar-refractivity contribution is 0.591. The molecule has 0 saturated carbocycles. The van der Waals surface area contributed by atoms with Gasteiger partial charge in [-0.05, 0) is 93.2 Å². The summed E-state index contributed by atoms with van der Waals surface area (Å²) >= 11 is 0. The van der Waals surface area contributed by atoms with Crippen LogP contribution in [-0.4, -0.2) is 0 Å². The van der Waals surface area contributed by atoms with Crippen LogP contribution in [0.15, 0.2) is 158 Å². The van der Waals surface area contributed by atoms with Gasteiger partial charge in [-0.25, -0.2) is 0 Å². The summed E-state index contributed by atoms with van der Waals surface area (Å²) in [7, 11) is 0. The van der Waals surface area contributed by atoms with Crippen LogP contribution in [0.5, 0.6) is 0 Å². The van der Waals surface area contributed by atoms with Crippen LogP contribution in [-0.2, 0) is 5.41 Å². The number of hydrogen-bond acceptors (Lipinski definition) is 3. The van der Waals surface area contributed by atoms with Crippen molar-refractivity contribution in [3.63, 3.8) is 0 Å². The number of para-hydroxylation sites is 3. The Labute approximate surface area is 281 Å². The molecular weight excluding hydrogens is 583 g/mol. The molecule has 0 atom stereocenters. The summed E-state index contributed by atoms with van der Waals surface area (Å²) in [5.41, 5.74) is 8.38. The summed E-state index contributed by atoms with van der Waals surface area (Å²) in [4.78, 5) is 4.69. The highest BCUT2D eigenvalue weighted by Gasteiger charge is 2.25. The molecule has 0 heterocycles. The van der Waals surface area contributed by atoms with Crippen molar-refractivity contribution >= 4 is 66.4 Å². The van der Waals surface area contributed by atoms with E-state index < -0.39 is 0 Å². The second-order valence-corrected chi connectivity index (χ2v) is 13.4. The second kappa shape index (κ2) is 11.6. The van der Waals surface area contributed by atoms with Crippen molar-refractivity contribution in [3.8, 4) is 6.07 Å². The molecule has 0 radical (unpaired) electrons. The molecule has 0 N–H and O–H groups in total. The van der Waals surface area contributed by atoms with Gasteiger partial charge in [0.1, 0.15) is 0 Å². The Morgan fingerprint density at radius 2 is 0.958 bits per heavy atom. The van der Waals surface area contributed by atoms with Gasteiger partial charge in [0.05, 0.1) is 23.0 Å². The summed E-state index contributed by atoms with van der Waals surface area (Å²) in [6.07, 6.45) is 0.